The summed E-state index contributed by atoms with van der Waals surface area (Å²) in [6, 6.07) is 0. The summed E-state index contributed by atoms with van der Waals surface area (Å²) in [6.45, 7) is 7.12. The number of aliphatic hydroxyl groups is 1. The van der Waals surface area contributed by atoms with Gasteiger partial charge in [-0.3, -0.25) is 0 Å². The van der Waals surface area contributed by atoms with Crippen molar-refractivity contribution in [2.24, 2.45) is 11.8 Å². The molecule has 0 saturated heterocycles. The van der Waals surface area contributed by atoms with E-state index in [1.54, 1.807) is 6.92 Å². The molecule has 0 bridgehead atoms. The number of hydrogen-bond donors (Lipinski definition) is 2. The molecule has 0 fully saturated rings. The monoisotopic (exact) mass is 174 g/mol. The molecular formula is C9H18O3. The normalized spacial score (nSPS) is 18.8. The molecule has 0 aromatic rings. The van der Waals surface area contributed by atoms with Gasteiger partial charge in [-0.1, -0.05) is 20.8 Å². The van der Waals surface area contributed by atoms with Crippen molar-refractivity contribution in [3.8, 4) is 0 Å². The number of rotatable bonds is 4. The fourth-order valence-electron chi connectivity index (χ4n) is 1.15. The highest BCUT2D eigenvalue weighted by Gasteiger charge is 2.36. The molecule has 0 saturated carbocycles. The second-order valence-corrected chi connectivity index (χ2v) is 3.98. The molecule has 2 atom stereocenters. The average molecular weight is 174 g/mol. The first-order valence-electron chi connectivity index (χ1n) is 4.24. The summed E-state index contributed by atoms with van der Waals surface area (Å²) in [5, 5.41) is 18.2. The van der Waals surface area contributed by atoms with E-state index < -0.39 is 11.6 Å². The third kappa shape index (κ3) is 2.81. The molecule has 3 heteroatoms. The fraction of sp³-hybridized carbons (Fsp3) is 0.889. The van der Waals surface area contributed by atoms with Crippen LogP contribution in [0.2, 0.25) is 0 Å². The topological polar surface area (TPSA) is 57.5 Å². The molecule has 0 aromatic heterocycles. The summed E-state index contributed by atoms with van der Waals surface area (Å²) in [4.78, 5) is 10.6. The van der Waals surface area contributed by atoms with Crippen molar-refractivity contribution in [1.29, 1.82) is 0 Å². The Morgan fingerprint density at radius 3 is 2.08 bits per heavy atom. The zero-order chi connectivity index (χ0) is 9.94. The molecular weight excluding hydrogens is 156 g/mol. The maximum absolute atomic E-state index is 10.6. The summed E-state index contributed by atoms with van der Waals surface area (Å²) in [6.07, 6.45) is 0.722. The Kier molecular flexibility index (Phi) is 3.71. The molecule has 72 valence electrons. The first-order chi connectivity index (χ1) is 5.28. The Labute approximate surface area is 73.4 Å². The summed E-state index contributed by atoms with van der Waals surface area (Å²) in [5.41, 5.74) is -1.59. The largest absolute Gasteiger partial charge is 0.479 e. The van der Waals surface area contributed by atoms with E-state index in [2.05, 4.69) is 0 Å². The second-order valence-electron chi connectivity index (χ2n) is 3.98. The Hall–Kier alpha value is -0.570. The van der Waals surface area contributed by atoms with Gasteiger partial charge < -0.3 is 10.2 Å². The molecule has 0 aliphatic carbocycles. The van der Waals surface area contributed by atoms with Gasteiger partial charge in [-0.25, -0.2) is 4.79 Å². The maximum atomic E-state index is 10.6. The van der Waals surface area contributed by atoms with E-state index in [1.807, 2.05) is 13.8 Å². The molecule has 0 aliphatic rings. The van der Waals surface area contributed by atoms with Crippen molar-refractivity contribution in [3.05, 3.63) is 0 Å². The highest BCUT2D eigenvalue weighted by atomic mass is 16.4. The molecule has 0 amide bonds. The van der Waals surface area contributed by atoms with Crippen molar-refractivity contribution in [2.45, 2.75) is 39.7 Å². The molecule has 2 unspecified atom stereocenters. The molecule has 3 nitrogen and oxygen atoms in total. The Morgan fingerprint density at radius 2 is 1.83 bits per heavy atom. The smallest absolute Gasteiger partial charge is 0.335 e. The van der Waals surface area contributed by atoms with Gasteiger partial charge in [-0.05, 0) is 25.2 Å². The van der Waals surface area contributed by atoms with Crippen LogP contribution in [0.5, 0.6) is 0 Å². The van der Waals surface area contributed by atoms with E-state index in [9.17, 15) is 9.90 Å². The second kappa shape index (κ2) is 3.90. The van der Waals surface area contributed by atoms with Crippen molar-refractivity contribution < 1.29 is 15.0 Å². The quantitative estimate of drug-likeness (QED) is 0.679. The van der Waals surface area contributed by atoms with E-state index >= 15 is 0 Å². The molecule has 0 aliphatic heterocycles. The minimum atomic E-state index is -1.59. The highest BCUT2D eigenvalue weighted by molar-refractivity contribution is 5.76. The van der Waals surface area contributed by atoms with E-state index in [4.69, 9.17) is 5.11 Å². The summed E-state index contributed by atoms with van der Waals surface area (Å²) in [7, 11) is 0. The van der Waals surface area contributed by atoms with Crippen LogP contribution in [0, 0.1) is 11.8 Å². The number of carbonyl (C=O) groups is 1. The maximum Gasteiger partial charge on any atom is 0.335 e. The van der Waals surface area contributed by atoms with Crippen LogP contribution in [0.3, 0.4) is 0 Å². The standard InChI is InChI=1S/C9H18O3/c1-6(2)5-7(3)9(4,12)8(10)11/h6-7,12H,5H2,1-4H3,(H,10,11). The summed E-state index contributed by atoms with van der Waals surface area (Å²) < 4.78 is 0. The van der Waals surface area contributed by atoms with Crippen LogP contribution >= 0.6 is 0 Å². The molecule has 0 aromatic carbocycles. The predicted octanol–water partition coefficient (Wildman–Crippen LogP) is 1.50. The number of carboxylic acids is 1. The SMILES string of the molecule is CC(C)CC(C)C(C)(O)C(=O)O. The van der Waals surface area contributed by atoms with Gasteiger partial charge in [-0.15, -0.1) is 0 Å². The highest BCUT2D eigenvalue weighted by Crippen LogP contribution is 2.23. The Morgan fingerprint density at radius 1 is 1.42 bits per heavy atom. The fourth-order valence-corrected chi connectivity index (χ4v) is 1.15. The summed E-state index contributed by atoms with van der Waals surface area (Å²) in [5.74, 6) is -0.948. The van der Waals surface area contributed by atoms with Crippen LogP contribution in [-0.2, 0) is 4.79 Å². The first-order valence-corrected chi connectivity index (χ1v) is 4.24. The number of carboxylic acid groups (broad SMARTS) is 1. The van der Waals surface area contributed by atoms with E-state index in [0.717, 1.165) is 6.42 Å². The zero-order valence-corrected chi connectivity index (χ0v) is 8.16. The lowest BCUT2D eigenvalue weighted by Gasteiger charge is -2.26. The van der Waals surface area contributed by atoms with Gasteiger partial charge in [-0.2, -0.15) is 0 Å². The lowest BCUT2D eigenvalue weighted by Crippen LogP contribution is -2.42. The van der Waals surface area contributed by atoms with Crippen LogP contribution in [0.4, 0.5) is 0 Å². The van der Waals surface area contributed by atoms with E-state index in [1.165, 1.54) is 6.92 Å². The molecule has 0 heterocycles. The van der Waals surface area contributed by atoms with Crippen LogP contribution in [-0.4, -0.2) is 21.8 Å². The van der Waals surface area contributed by atoms with Crippen molar-refractivity contribution in [3.63, 3.8) is 0 Å². The van der Waals surface area contributed by atoms with Crippen molar-refractivity contribution >= 4 is 5.97 Å². The third-order valence-corrected chi connectivity index (χ3v) is 2.22. The van der Waals surface area contributed by atoms with E-state index in [-0.39, 0.29) is 5.92 Å². The van der Waals surface area contributed by atoms with Gasteiger partial charge in [0.05, 0.1) is 0 Å². The van der Waals surface area contributed by atoms with Crippen LogP contribution in [0.25, 0.3) is 0 Å². The zero-order valence-electron chi connectivity index (χ0n) is 8.16. The first kappa shape index (κ1) is 11.4. The van der Waals surface area contributed by atoms with E-state index in [0.29, 0.717) is 5.92 Å². The molecule has 12 heavy (non-hydrogen) atoms. The lowest BCUT2D eigenvalue weighted by atomic mass is 9.84. The van der Waals surface area contributed by atoms with Crippen molar-refractivity contribution in [1.82, 2.24) is 0 Å². The number of aliphatic carboxylic acids is 1. The van der Waals surface area contributed by atoms with Gasteiger partial charge in [0.1, 0.15) is 0 Å². The minimum absolute atomic E-state index is 0.213. The molecule has 2 N–H and O–H groups in total. The van der Waals surface area contributed by atoms with Crippen LogP contribution in [0.1, 0.15) is 34.1 Å². The lowest BCUT2D eigenvalue weighted by molar-refractivity contribution is -0.162. The Balaban J connectivity index is 4.25. The van der Waals surface area contributed by atoms with Gasteiger partial charge in [0.15, 0.2) is 5.60 Å². The van der Waals surface area contributed by atoms with Gasteiger partial charge in [0.2, 0.25) is 0 Å². The van der Waals surface area contributed by atoms with Gasteiger partial charge in [0.25, 0.3) is 0 Å². The number of hydrogen-bond acceptors (Lipinski definition) is 2. The third-order valence-electron chi connectivity index (χ3n) is 2.22. The Bertz CT molecular complexity index is 161. The molecule has 0 spiro atoms. The molecule has 0 radical (unpaired) electrons. The van der Waals surface area contributed by atoms with Gasteiger partial charge >= 0.3 is 5.97 Å². The van der Waals surface area contributed by atoms with Crippen LogP contribution < -0.4 is 0 Å². The van der Waals surface area contributed by atoms with Crippen molar-refractivity contribution in [2.75, 3.05) is 0 Å². The predicted molar refractivity (Wildman–Crippen MR) is 46.9 cm³/mol. The molecule has 0 rings (SSSR count). The average Bonchev–Trinajstić information content (AvgIpc) is 1.85. The van der Waals surface area contributed by atoms with Crippen LogP contribution in [0.15, 0.2) is 0 Å². The minimum Gasteiger partial charge on any atom is -0.479 e. The summed E-state index contributed by atoms with van der Waals surface area (Å²) >= 11 is 0. The van der Waals surface area contributed by atoms with Gasteiger partial charge in [0, 0.05) is 0 Å².